The van der Waals surface area contributed by atoms with Gasteiger partial charge in [-0.1, -0.05) is 13.1 Å². The number of rotatable bonds is 8. The van der Waals surface area contributed by atoms with Crippen LogP contribution in [0.25, 0.3) is 0 Å². The maximum atomic E-state index is 5.98. The van der Waals surface area contributed by atoms with Crippen molar-refractivity contribution >= 4 is 17.6 Å². The molecule has 0 heterocycles. The highest BCUT2D eigenvalue weighted by atomic mass is 28.4. The van der Waals surface area contributed by atoms with E-state index < -0.39 is 17.6 Å². The van der Waals surface area contributed by atoms with E-state index in [4.69, 9.17) is 13.3 Å². The summed E-state index contributed by atoms with van der Waals surface area (Å²) in [7, 11) is 2.34. The molecule has 0 aliphatic carbocycles. The van der Waals surface area contributed by atoms with Gasteiger partial charge in [-0.3, -0.25) is 0 Å². The molecular weight excluding hydrogens is 262 g/mol. The van der Waals surface area contributed by atoms with Crippen molar-refractivity contribution in [1.29, 1.82) is 0 Å². The van der Waals surface area contributed by atoms with Crippen LogP contribution in [0.15, 0.2) is 0 Å². The van der Waals surface area contributed by atoms with Crippen molar-refractivity contribution in [3.05, 3.63) is 0 Å². The van der Waals surface area contributed by atoms with Crippen LogP contribution in [-0.4, -0.2) is 62.1 Å². The summed E-state index contributed by atoms with van der Waals surface area (Å²) >= 11 is 0. The predicted molar refractivity (Wildman–Crippen MR) is 81.8 cm³/mol. The molecule has 0 unspecified atom stereocenters. The Hall–Kier alpha value is 0.274. The Morgan fingerprint density at radius 2 is 1.61 bits per heavy atom. The van der Waals surface area contributed by atoms with Gasteiger partial charge in [-0.25, -0.2) is 0 Å². The molecule has 0 spiro atoms. The van der Waals surface area contributed by atoms with Crippen molar-refractivity contribution in [1.82, 2.24) is 4.90 Å². The summed E-state index contributed by atoms with van der Waals surface area (Å²) in [6.07, 6.45) is 0.827. The Kier molecular flexibility index (Phi) is 7.88. The summed E-state index contributed by atoms with van der Waals surface area (Å²) in [4.78, 5) is 2.31. The summed E-state index contributed by atoms with van der Waals surface area (Å²) in [5, 5.41) is 0. The number of nitrogens with zero attached hydrogens (tertiary/aromatic N) is 1. The van der Waals surface area contributed by atoms with Gasteiger partial charge >= 0.3 is 8.80 Å². The van der Waals surface area contributed by atoms with Gasteiger partial charge < -0.3 is 18.2 Å². The SMILES string of the molecule is CO[Si](CCN(C)C(C)(C)C)(OC)OC[SiH](C)C. The minimum atomic E-state index is -2.45. The first kappa shape index (κ1) is 18.3. The van der Waals surface area contributed by atoms with Gasteiger partial charge in [0.2, 0.25) is 0 Å². The van der Waals surface area contributed by atoms with Crippen LogP contribution in [-0.2, 0) is 13.3 Å². The van der Waals surface area contributed by atoms with Crippen LogP contribution < -0.4 is 0 Å². The van der Waals surface area contributed by atoms with E-state index in [1.54, 1.807) is 14.2 Å². The Balaban J connectivity index is 4.43. The quantitative estimate of drug-likeness (QED) is 0.641. The molecule has 0 aromatic rings. The Morgan fingerprint density at radius 3 is 1.94 bits per heavy atom. The van der Waals surface area contributed by atoms with E-state index in [1.165, 1.54) is 0 Å². The van der Waals surface area contributed by atoms with E-state index in [2.05, 4.69) is 45.8 Å². The van der Waals surface area contributed by atoms with Gasteiger partial charge in [0.15, 0.2) is 0 Å². The van der Waals surface area contributed by atoms with E-state index >= 15 is 0 Å². The average molecular weight is 294 g/mol. The second-order valence-electron chi connectivity index (χ2n) is 6.14. The number of hydrogen-bond donors (Lipinski definition) is 0. The molecule has 0 saturated heterocycles. The summed E-state index contributed by atoms with van der Waals surface area (Å²) in [5.41, 5.74) is 0.161. The molecule has 0 amide bonds. The lowest BCUT2D eigenvalue weighted by atomic mass is 10.1. The molecule has 6 heteroatoms. The molecule has 0 aromatic carbocycles. The van der Waals surface area contributed by atoms with Crippen LogP contribution in [0.5, 0.6) is 0 Å². The van der Waals surface area contributed by atoms with Gasteiger partial charge in [0.05, 0.1) is 8.80 Å². The lowest BCUT2D eigenvalue weighted by Gasteiger charge is -2.34. The molecule has 4 nitrogen and oxygen atoms in total. The van der Waals surface area contributed by atoms with Gasteiger partial charge in [-0.05, 0) is 27.8 Å². The van der Waals surface area contributed by atoms with Crippen molar-refractivity contribution in [3.63, 3.8) is 0 Å². The smallest absolute Gasteiger partial charge is 0.377 e. The molecule has 0 radical (unpaired) electrons. The Bertz CT molecular complexity index is 228. The van der Waals surface area contributed by atoms with Crippen LogP contribution in [0.4, 0.5) is 0 Å². The molecule has 0 bridgehead atoms. The molecule has 0 aromatic heterocycles. The predicted octanol–water partition coefficient (Wildman–Crippen LogP) is 1.99. The topological polar surface area (TPSA) is 30.9 Å². The highest BCUT2D eigenvalue weighted by molar-refractivity contribution is 6.63. The zero-order valence-corrected chi connectivity index (χ0v) is 15.5. The fourth-order valence-electron chi connectivity index (χ4n) is 1.41. The lowest BCUT2D eigenvalue weighted by Crippen LogP contribution is -2.49. The summed E-state index contributed by atoms with van der Waals surface area (Å²) in [6.45, 7) is 12.1. The first-order valence-corrected chi connectivity index (χ1v) is 11.7. The first-order chi connectivity index (χ1) is 8.17. The third kappa shape index (κ3) is 6.44. The molecule has 110 valence electrons. The normalized spacial score (nSPS) is 13.7. The van der Waals surface area contributed by atoms with Crippen molar-refractivity contribution in [3.8, 4) is 0 Å². The van der Waals surface area contributed by atoms with Crippen molar-refractivity contribution in [2.45, 2.75) is 45.4 Å². The third-order valence-corrected chi connectivity index (χ3v) is 7.01. The van der Waals surface area contributed by atoms with E-state index in [1.807, 2.05) is 0 Å². The van der Waals surface area contributed by atoms with E-state index in [0.29, 0.717) is 0 Å². The number of hydrogen-bond acceptors (Lipinski definition) is 4. The molecular formula is C12H31NO3Si2. The van der Waals surface area contributed by atoms with Crippen molar-refractivity contribution < 1.29 is 13.3 Å². The highest BCUT2D eigenvalue weighted by Crippen LogP contribution is 2.18. The van der Waals surface area contributed by atoms with Crippen LogP contribution >= 0.6 is 0 Å². The van der Waals surface area contributed by atoms with Crippen molar-refractivity contribution in [2.24, 2.45) is 0 Å². The van der Waals surface area contributed by atoms with E-state index in [9.17, 15) is 0 Å². The second kappa shape index (κ2) is 7.76. The molecule has 0 fully saturated rings. The zero-order chi connectivity index (χ0) is 14.4. The minimum absolute atomic E-state index is 0.161. The fourth-order valence-corrected chi connectivity index (χ4v) is 5.32. The molecule has 0 saturated carbocycles. The monoisotopic (exact) mass is 293 g/mol. The van der Waals surface area contributed by atoms with Gasteiger partial charge in [0, 0.05) is 38.6 Å². The highest BCUT2D eigenvalue weighted by Gasteiger charge is 2.39. The molecule has 0 atom stereocenters. The first-order valence-electron chi connectivity index (χ1n) is 6.62. The Morgan fingerprint density at radius 1 is 1.11 bits per heavy atom. The third-order valence-electron chi connectivity index (χ3n) is 3.16. The molecule has 0 aliphatic rings. The Labute approximate surface area is 116 Å². The van der Waals surface area contributed by atoms with Gasteiger partial charge in [-0.15, -0.1) is 0 Å². The largest absolute Gasteiger partial charge is 0.501 e. The molecule has 18 heavy (non-hydrogen) atoms. The van der Waals surface area contributed by atoms with Crippen LogP contribution in [0.1, 0.15) is 20.8 Å². The second-order valence-corrected chi connectivity index (χ2v) is 12.2. The van der Waals surface area contributed by atoms with Crippen LogP contribution in [0, 0.1) is 0 Å². The van der Waals surface area contributed by atoms with E-state index in [-0.39, 0.29) is 5.54 Å². The molecule has 0 rings (SSSR count). The van der Waals surface area contributed by atoms with Gasteiger partial charge in [0.25, 0.3) is 0 Å². The van der Waals surface area contributed by atoms with Crippen LogP contribution in [0.2, 0.25) is 19.1 Å². The maximum Gasteiger partial charge on any atom is 0.501 e. The summed E-state index contributed by atoms with van der Waals surface area (Å²) in [5.74, 6) is 0. The van der Waals surface area contributed by atoms with Crippen LogP contribution in [0.3, 0.4) is 0 Å². The fraction of sp³-hybridized carbons (Fsp3) is 1.00. The summed E-state index contributed by atoms with van der Waals surface area (Å²) < 4.78 is 17.2. The average Bonchev–Trinajstić information content (AvgIpc) is 2.28. The maximum absolute atomic E-state index is 5.98. The minimum Gasteiger partial charge on any atom is -0.377 e. The standard InChI is InChI=1S/C12H31NO3Si2/c1-12(2,3)13(4)9-10-18(14-5,15-6)16-11-17(7)8/h17H,9-11H2,1-8H3. The van der Waals surface area contributed by atoms with E-state index in [0.717, 1.165) is 18.8 Å². The molecule has 0 N–H and O–H groups in total. The molecule has 0 aliphatic heterocycles. The lowest BCUT2D eigenvalue weighted by molar-refractivity contribution is 0.104. The van der Waals surface area contributed by atoms with Crippen molar-refractivity contribution in [2.75, 3.05) is 34.0 Å². The zero-order valence-electron chi connectivity index (χ0n) is 13.4. The summed E-state index contributed by atoms with van der Waals surface area (Å²) in [6, 6.07) is 0.842. The van der Waals surface area contributed by atoms with Gasteiger partial charge in [-0.2, -0.15) is 0 Å². The van der Waals surface area contributed by atoms with Gasteiger partial charge in [0.1, 0.15) is 0 Å².